The van der Waals surface area contributed by atoms with Crippen LogP contribution in [0.3, 0.4) is 0 Å². The van der Waals surface area contributed by atoms with Gasteiger partial charge in [0.2, 0.25) is 5.91 Å². The zero-order valence-corrected chi connectivity index (χ0v) is 18.4. The van der Waals surface area contributed by atoms with E-state index in [4.69, 9.17) is 0 Å². The van der Waals surface area contributed by atoms with E-state index in [1.54, 1.807) is 23.1 Å². The van der Waals surface area contributed by atoms with Crippen LogP contribution in [0.4, 0.5) is 0 Å². The average molecular weight is 429 g/mol. The van der Waals surface area contributed by atoms with Crippen LogP contribution in [0.1, 0.15) is 18.4 Å². The molecule has 1 amide bonds. The number of rotatable bonds is 9. The van der Waals surface area contributed by atoms with E-state index in [1.807, 2.05) is 23.9 Å². The van der Waals surface area contributed by atoms with Crippen LogP contribution in [0.15, 0.2) is 71.1 Å². The molecule has 0 bridgehead atoms. The monoisotopic (exact) mass is 428 g/mol. The third kappa shape index (κ3) is 5.63. The second-order valence-corrected chi connectivity index (χ2v) is 9.26. The third-order valence-corrected chi connectivity index (χ3v) is 7.09. The standard InChI is InChI=1S/C22H24N2OS3/c1-3-13-24-19-12-11-18(26-2)15-20(19)28-22(24)23-21(25)10-7-14-27-16-17-8-5-4-6-9-17/h3-6,8-9,11-12,15H,1,7,10,13-14,16H2,2H3. The van der Waals surface area contributed by atoms with E-state index < -0.39 is 0 Å². The maximum atomic E-state index is 12.4. The van der Waals surface area contributed by atoms with Crippen LogP contribution in [0, 0.1) is 0 Å². The number of carbonyl (C=O) groups is 1. The van der Waals surface area contributed by atoms with E-state index in [1.165, 1.54) is 10.5 Å². The molecule has 0 unspecified atom stereocenters. The normalized spacial score (nSPS) is 11.8. The second kappa shape index (κ2) is 10.7. The highest BCUT2D eigenvalue weighted by Crippen LogP contribution is 2.24. The molecular formula is C22H24N2OS3. The summed E-state index contributed by atoms with van der Waals surface area (Å²) in [5.41, 5.74) is 2.43. The molecule has 0 saturated carbocycles. The van der Waals surface area contributed by atoms with Crippen LogP contribution in [-0.4, -0.2) is 22.5 Å². The minimum absolute atomic E-state index is 0.0465. The van der Waals surface area contributed by atoms with Gasteiger partial charge in [-0.15, -0.1) is 18.3 Å². The van der Waals surface area contributed by atoms with Gasteiger partial charge in [-0.2, -0.15) is 16.8 Å². The zero-order valence-electron chi connectivity index (χ0n) is 16.0. The lowest BCUT2D eigenvalue weighted by Gasteiger charge is -2.02. The molecule has 146 valence electrons. The number of benzene rings is 2. The molecule has 2 aromatic carbocycles. The number of hydrogen-bond acceptors (Lipinski definition) is 4. The molecule has 0 radical (unpaired) electrons. The zero-order chi connectivity index (χ0) is 19.8. The summed E-state index contributed by atoms with van der Waals surface area (Å²) in [7, 11) is 0. The van der Waals surface area contributed by atoms with Crippen molar-refractivity contribution in [2.75, 3.05) is 12.0 Å². The SMILES string of the molecule is C=CCn1c(=NC(=O)CCCSCc2ccccc2)sc2cc(SC)ccc21. The molecule has 0 aliphatic heterocycles. The van der Waals surface area contributed by atoms with Crippen LogP contribution >= 0.6 is 34.9 Å². The molecule has 6 heteroatoms. The van der Waals surface area contributed by atoms with Crippen molar-refractivity contribution in [1.82, 2.24) is 4.57 Å². The number of allylic oxidation sites excluding steroid dienone is 1. The summed E-state index contributed by atoms with van der Waals surface area (Å²) in [6.45, 7) is 4.49. The number of amides is 1. The predicted molar refractivity (Wildman–Crippen MR) is 124 cm³/mol. The number of hydrogen-bond donors (Lipinski definition) is 0. The molecule has 0 aliphatic carbocycles. The Morgan fingerprint density at radius 3 is 2.82 bits per heavy atom. The van der Waals surface area contributed by atoms with E-state index in [0.717, 1.165) is 32.9 Å². The Morgan fingerprint density at radius 1 is 1.25 bits per heavy atom. The van der Waals surface area contributed by atoms with Gasteiger partial charge in [0.05, 0.1) is 10.2 Å². The van der Waals surface area contributed by atoms with Gasteiger partial charge in [0.15, 0.2) is 4.80 Å². The molecule has 0 saturated heterocycles. The second-order valence-electron chi connectivity index (χ2n) is 6.26. The summed E-state index contributed by atoms with van der Waals surface area (Å²) < 4.78 is 3.22. The van der Waals surface area contributed by atoms with Gasteiger partial charge >= 0.3 is 0 Å². The van der Waals surface area contributed by atoms with Crippen molar-refractivity contribution in [2.24, 2.45) is 4.99 Å². The van der Waals surface area contributed by atoms with Gasteiger partial charge < -0.3 is 4.57 Å². The van der Waals surface area contributed by atoms with Crippen molar-refractivity contribution in [3.8, 4) is 0 Å². The number of aromatic nitrogens is 1. The van der Waals surface area contributed by atoms with Crippen molar-refractivity contribution in [1.29, 1.82) is 0 Å². The van der Waals surface area contributed by atoms with Gasteiger partial charge in [-0.05, 0) is 42.2 Å². The van der Waals surface area contributed by atoms with Crippen molar-refractivity contribution in [3.63, 3.8) is 0 Å². The van der Waals surface area contributed by atoms with Crippen LogP contribution < -0.4 is 4.80 Å². The molecule has 0 atom stereocenters. The number of thiazole rings is 1. The van der Waals surface area contributed by atoms with E-state index in [0.29, 0.717) is 13.0 Å². The Bertz CT molecular complexity index is 1010. The average Bonchev–Trinajstić information content (AvgIpc) is 3.05. The largest absolute Gasteiger partial charge is 0.313 e. The van der Waals surface area contributed by atoms with Crippen LogP contribution in [-0.2, 0) is 17.1 Å². The van der Waals surface area contributed by atoms with E-state index in [2.05, 4.69) is 64.9 Å². The fraction of sp³-hybridized carbons (Fsp3) is 0.273. The first-order chi connectivity index (χ1) is 13.7. The molecule has 1 aromatic heterocycles. The first-order valence-electron chi connectivity index (χ1n) is 9.19. The molecule has 3 rings (SSSR count). The first-order valence-corrected chi connectivity index (χ1v) is 12.4. The highest BCUT2D eigenvalue weighted by atomic mass is 32.2. The lowest BCUT2D eigenvalue weighted by Crippen LogP contribution is -2.16. The summed E-state index contributed by atoms with van der Waals surface area (Å²) in [4.78, 5) is 18.8. The van der Waals surface area contributed by atoms with Crippen molar-refractivity contribution in [2.45, 2.75) is 30.0 Å². The molecule has 1 heterocycles. The van der Waals surface area contributed by atoms with E-state index >= 15 is 0 Å². The van der Waals surface area contributed by atoms with Crippen LogP contribution in [0.2, 0.25) is 0 Å². The van der Waals surface area contributed by atoms with Crippen molar-refractivity contribution >= 4 is 51.0 Å². The minimum atomic E-state index is -0.0465. The number of carbonyl (C=O) groups excluding carboxylic acids is 1. The maximum Gasteiger partial charge on any atom is 0.248 e. The van der Waals surface area contributed by atoms with Crippen molar-refractivity contribution < 1.29 is 4.79 Å². The van der Waals surface area contributed by atoms with Gasteiger partial charge in [-0.25, -0.2) is 0 Å². The Labute approximate surface area is 178 Å². The molecule has 0 N–H and O–H groups in total. The maximum absolute atomic E-state index is 12.4. The highest BCUT2D eigenvalue weighted by Gasteiger charge is 2.08. The fourth-order valence-corrected chi connectivity index (χ4v) is 5.35. The Balaban J connectivity index is 1.63. The first kappa shape index (κ1) is 21.0. The minimum Gasteiger partial charge on any atom is -0.313 e. The lowest BCUT2D eigenvalue weighted by molar-refractivity contribution is -0.118. The van der Waals surface area contributed by atoms with Gasteiger partial charge in [0, 0.05) is 23.6 Å². The smallest absolute Gasteiger partial charge is 0.248 e. The number of thioether (sulfide) groups is 2. The topological polar surface area (TPSA) is 34.4 Å². The predicted octanol–water partition coefficient (Wildman–Crippen LogP) is 5.75. The summed E-state index contributed by atoms with van der Waals surface area (Å²) in [6, 6.07) is 16.8. The van der Waals surface area contributed by atoms with Gasteiger partial charge in [-0.3, -0.25) is 4.79 Å². The molecule has 0 fully saturated rings. The molecule has 0 aliphatic rings. The van der Waals surface area contributed by atoms with Crippen LogP contribution in [0.25, 0.3) is 10.2 Å². The molecule has 0 spiro atoms. The molecule has 3 aromatic rings. The van der Waals surface area contributed by atoms with Gasteiger partial charge in [-0.1, -0.05) is 47.7 Å². The summed E-state index contributed by atoms with van der Waals surface area (Å²) in [5, 5.41) is 0. The Morgan fingerprint density at radius 2 is 2.07 bits per heavy atom. The Hall–Kier alpha value is -1.76. The summed E-state index contributed by atoms with van der Waals surface area (Å²) in [5.74, 6) is 1.90. The number of fused-ring (bicyclic) bond motifs is 1. The lowest BCUT2D eigenvalue weighted by atomic mass is 10.2. The fourth-order valence-electron chi connectivity index (χ4n) is 2.82. The van der Waals surface area contributed by atoms with Crippen LogP contribution in [0.5, 0.6) is 0 Å². The quantitative estimate of drug-likeness (QED) is 0.247. The van der Waals surface area contributed by atoms with Crippen molar-refractivity contribution in [3.05, 3.63) is 71.6 Å². The molecule has 3 nitrogen and oxygen atoms in total. The van der Waals surface area contributed by atoms with E-state index in [-0.39, 0.29) is 5.91 Å². The third-order valence-electron chi connectivity index (χ3n) is 4.21. The molecule has 28 heavy (non-hydrogen) atoms. The summed E-state index contributed by atoms with van der Waals surface area (Å²) in [6.07, 6.45) is 5.25. The van der Waals surface area contributed by atoms with E-state index in [9.17, 15) is 4.79 Å². The highest BCUT2D eigenvalue weighted by molar-refractivity contribution is 7.98. The number of nitrogens with zero attached hydrogens (tertiary/aromatic N) is 2. The van der Waals surface area contributed by atoms with Gasteiger partial charge in [0.25, 0.3) is 0 Å². The summed E-state index contributed by atoms with van der Waals surface area (Å²) >= 11 is 5.15. The van der Waals surface area contributed by atoms with Gasteiger partial charge in [0.1, 0.15) is 0 Å². The molecular weight excluding hydrogens is 404 g/mol. The Kier molecular flexibility index (Phi) is 8.01.